The van der Waals surface area contributed by atoms with E-state index in [9.17, 15) is 18.0 Å². The molecule has 6 nitrogen and oxygen atoms in total. The van der Waals surface area contributed by atoms with Crippen molar-refractivity contribution in [1.29, 1.82) is 0 Å². The van der Waals surface area contributed by atoms with Crippen molar-refractivity contribution >= 4 is 22.8 Å². The van der Waals surface area contributed by atoms with Gasteiger partial charge in [-0.15, -0.1) is 0 Å². The maximum Gasteiger partial charge on any atom is 0.416 e. The van der Waals surface area contributed by atoms with Gasteiger partial charge in [-0.2, -0.15) is 13.2 Å². The number of fused-ring (bicyclic) bond motifs is 1. The zero-order valence-electron chi connectivity index (χ0n) is 18.2. The molecule has 9 heteroatoms. The fourth-order valence-corrected chi connectivity index (χ4v) is 3.55. The highest BCUT2D eigenvalue weighted by atomic mass is 19.4. The molecule has 4 rings (SSSR count). The van der Waals surface area contributed by atoms with Gasteiger partial charge in [-0.05, 0) is 61.2 Å². The highest BCUT2D eigenvalue weighted by Gasteiger charge is 2.30. The van der Waals surface area contributed by atoms with Crippen LogP contribution in [0.25, 0.3) is 11.2 Å². The summed E-state index contributed by atoms with van der Waals surface area (Å²) in [5, 5.41) is 0. The maximum absolute atomic E-state index is 13.3. The second-order valence-corrected chi connectivity index (χ2v) is 7.86. The summed E-state index contributed by atoms with van der Waals surface area (Å²) in [4.78, 5) is 27.3. The molecule has 0 fully saturated rings. The zero-order chi connectivity index (χ0) is 23.6. The van der Waals surface area contributed by atoms with Crippen molar-refractivity contribution in [2.45, 2.75) is 33.0 Å². The molecular formula is C24H22F3N5O. The minimum absolute atomic E-state index is 0.0316. The summed E-state index contributed by atoms with van der Waals surface area (Å²) < 4.78 is 40.2. The van der Waals surface area contributed by atoms with E-state index >= 15 is 0 Å². The number of carbonyl (C=O) groups is 1. The third-order valence-corrected chi connectivity index (χ3v) is 5.62. The number of amides is 1. The molecule has 0 bridgehead atoms. The Morgan fingerprint density at radius 1 is 1.03 bits per heavy atom. The summed E-state index contributed by atoms with van der Waals surface area (Å²) >= 11 is 0. The van der Waals surface area contributed by atoms with Gasteiger partial charge in [0.1, 0.15) is 18.4 Å². The van der Waals surface area contributed by atoms with E-state index in [0.717, 1.165) is 28.9 Å². The van der Waals surface area contributed by atoms with Crippen molar-refractivity contribution in [2.24, 2.45) is 0 Å². The van der Waals surface area contributed by atoms with E-state index in [1.807, 2.05) is 32.0 Å². The van der Waals surface area contributed by atoms with Gasteiger partial charge in [0, 0.05) is 12.2 Å². The van der Waals surface area contributed by atoms with Gasteiger partial charge in [-0.1, -0.05) is 18.2 Å². The van der Waals surface area contributed by atoms with E-state index in [-0.39, 0.29) is 12.5 Å². The number of hydrogen-bond donors (Lipinski definition) is 0. The van der Waals surface area contributed by atoms with Gasteiger partial charge in [0.15, 0.2) is 5.65 Å². The third-order valence-electron chi connectivity index (χ3n) is 5.62. The number of halogens is 3. The first-order valence-electron chi connectivity index (χ1n) is 10.4. The van der Waals surface area contributed by atoms with E-state index in [4.69, 9.17) is 0 Å². The molecule has 1 amide bonds. The zero-order valence-corrected chi connectivity index (χ0v) is 18.2. The van der Waals surface area contributed by atoms with Gasteiger partial charge >= 0.3 is 6.18 Å². The summed E-state index contributed by atoms with van der Waals surface area (Å²) in [7, 11) is 0. The topological polar surface area (TPSA) is 63.9 Å². The Labute approximate surface area is 188 Å². The van der Waals surface area contributed by atoms with Crippen molar-refractivity contribution in [2.75, 3.05) is 11.4 Å². The van der Waals surface area contributed by atoms with Crippen LogP contribution in [-0.4, -0.2) is 32.0 Å². The predicted octanol–water partition coefficient (Wildman–Crippen LogP) is 4.74. The lowest BCUT2D eigenvalue weighted by atomic mass is 10.1. The average Bonchev–Trinajstić information content (AvgIpc) is 3.19. The molecule has 0 aliphatic rings. The average molecular weight is 453 g/mol. The molecule has 0 unspecified atom stereocenters. The molecule has 2 heterocycles. The summed E-state index contributed by atoms with van der Waals surface area (Å²) in [6.45, 7) is 4.31. The molecule has 2 aromatic heterocycles. The highest BCUT2D eigenvalue weighted by molar-refractivity contribution is 5.94. The Hall–Kier alpha value is -3.75. The highest BCUT2D eigenvalue weighted by Crippen LogP contribution is 2.29. The van der Waals surface area contributed by atoms with Gasteiger partial charge in [0.25, 0.3) is 0 Å². The van der Waals surface area contributed by atoms with Crippen molar-refractivity contribution in [3.63, 3.8) is 0 Å². The monoisotopic (exact) mass is 453 g/mol. The number of nitrogens with zero attached hydrogens (tertiary/aromatic N) is 5. The lowest BCUT2D eigenvalue weighted by Crippen LogP contribution is -2.35. The molecule has 0 N–H and O–H groups in total. The van der Waals surface area contributed by atoms with Crippen LogP contribution in [0.2, 0.25) is 0 Å². The number of hydrogen-bond acceptors (Lipinski definition) is 4. The van der Waals surface area contributed by atoms with Gasteiger partial charge < -0.3 is 9.47 Å². The molecule has 0 saturated carbocycles. The Morgan fingerprint density at radius 2 is 1.79 bits per heavy atom. The lowest BCUT2D eigenvalue weighted by molar-refractivity contribution is -0.137. The molecule has 0 spiro atoms. The van der Waals surface area contributed by atoms with Crippen LogP contribution < -0.4 is 4.90 Å². The number of benzene rings is 2. The van der Waals surface area contributed by atoms with Crippen LogP contribution in [0.3, 0.4) is 0 Å². The Morgan fingerprint density at radius 3 is 2.48 bits per heavy atom. The molecule has 2 aromatic carbocycles. The van der Waals surface area contributed by atoms with Gasteiger partial charge in [0.2, 0.25) is 5.91 Å². The molecule has 0 radical (unpaired) electrons. The standard InChI is InChI=1S/C24H22F3N5O/c1-16-3-8-20(11-17(16)2)32(10-9-18-4-6-19(7-5-18)24(25,26)27)22(33)13-31-15-30-23-21(31)12-28-14-29-23/h3-8,11-12,14-15H,9-10,13H2,1-2H3. The second-order valence-electron chi connectivity index (χ2n) is 7.86. The first-order chi connectivity index (χ1) is 15.7. The number of carbonyl (C=O) groups excluding carboxylic acids is 1. The molecule has 170 valence electrons. The van der Waals surface area contributed by atoms with E-state index in [1.54, 1.807) is 22.0 Å². The van der Waals surface area contributed by atoms with Gasteiger partial charge in [0.05, 0.1) is 18.1 Å². The summed E-state index contributed by atoms with van der Waals surface area (Å²) in [6.07, 6.45) is 0.575. The van der Waals surface area contributed by atoms with Crippen LogP contribution in [-0.2, 0) is 23.9 Å². The lowest BCUT2D eigenvalue weighted by Gasteiger charge is -2.24. The van der Waals surface area contributed by atoms with E-state index in [2.05, 4.69) is 15.0 Å². The number of alkyl halides is 3. The minimum Gasteiger partial charge on any atom is -0.318 e. The largest absolute Gasteiger partial charge is 0.416 e. The fraction of sp³-hybridized carbons (Fsp3) is 0.250. The second kappa shape index (κ2) is 9.01. The molecule has 0 atom stereocenters. The molecule has 0 aliphatic heterocycles. The number of aryl methyl sites for hydroxylation is 2. The summed E-state index contributed by atoms with van der Waals surface area (Å²) in [5.74, 6) is -0.173. The fourth-order valence-electron chi connectivity index (χ4n) is 3.55. The molecule has 0 saturated heterocycles. The quantitative estimate of drug-likeness (QED) is 0.423. The van der Waals surface area contributed by atoms with E-state index < -0.39 is 11.7 Å². The van der Waals surface area contributed by atoms with Crippen LogP contribution in [0.15, 0.2) is 61.3 Å². The Balaban J connectivity index is 1.57. The number of aromatic nitrogens is 4. The van der Waals surface area contributed by atoms with Crippen LogP contribution >= 0.6 is 0 Å². The number of anilines is 1. The molecule has 33 heavy (non-hydrogen) atoms. The molecule has 4 aromatic rings. The van der Waals surface area contributed by atoms with Crippen LogP contribution in [0, 0.1) is 13.8 Å². The summed E-state index contributed by atoms with van der Waals surface area (Å²) in [5.41, 5.74) is 4.05. The smallest absolute Gasteiger partial charge is 0.318 e. The summed E-state index contributed by atoms with van der Waals surface area (Å²) in [6, 6.07) is 10.8. The van der Waals surface area contributed by atoms with Crippen LogP contribution in [0.1, 0.15) is 22.3 Å². The van der Waals surface area contributed by atoms with E-state index in [0.29, 0.717) is 29.7 Å². The van der Waals surface area contributed by atoms with E-state index in [1.165, 1.54) is 18.5 Å². The predicted molar refractivity (Wildman–Crippen MR) is 119 cm³/mol. The normalized spacial score (nSPS) is 11.7. The first-order valence-corrected chi connectivity index (χ1v) is 10.4. The Bertz CT molecular complexity index is 1280. The Kier molecular flexibility index (Phi) is 6.13. The minimum atomic E-state index is -4.38. The van der Waals surface area contributed by atoms with Gasteiger partial charge in [-0.3, -0.25) is 4.79 Å². The van der Waals surface area contributed by atoms with Gasteiger partial charge in [-0.25, -0.2) is 15.0 Å². The number of rotatable bonds is 6. The molecular weight excluding hydrogens is 431 g/mol. The van der Waals surface area contributed by atoms with Crippen LogP contribution in [0.5, 0.6) is 0 Å². The SMILES string of the molecule is Cc1ccc(N(CCc2ccc(C(F)(F)F)cc2)C(=O)Cn2cnc3ncncc32)cc1C. The first kappa shape index (κ1) is 22.4. The van der Waals surface area contributed by atoms with Crippen LogP contribution in [0.4, 0.5) is 18.9 Å². The number of imidazole rings is 1. The molecule has 0 aliphatic carbocycles. The van der Waals surface area contributed by atoms with Crippen molar-refractivity contribution in [1.82, 2.24) is 19.5 Å². The third kappa shape index (κ3) is 5.02. The van der Waals surface area contributed by atoms with Crippen molar-refractivity contribution in [3.8, 4) is 0 Å². The maximum atomic E-state index is 13.3. The van der Waals surface area contributed by atoms with Crippen molar-refractivity contribution < 1.29 is 18.0 Å². The van der Waals surface area contributed by atoms with Crippen molar-refractivity contribution in [3.05, 3.63) is 83.6 Å².